The summed E-state index contributed by atoms with van der Waals surface area (Å²) in [6, 6.07) is 6.86. The minimum absolute atomic E-state index is 0. The van der Waals surface area contributed by atoms with Crippen LogP contribution in [0.1, 0.15) is 0 Å². The summed E-state index contributed by atoms with van der Waals surface area (Å²) in [6.45, 7) is 0. The minimum atomic E-state index is -5.47. The average Bonchev–Trinajstić information content (AvgIpc) is 2.64. The summed E-state index contributed by atoms with van der Waals surface area (Å²) in [6.07, 6.45) is 0. The summed E-state index contributed by atoms with van der Waals surface area (Å²) >= 11 is -5.47. The first-order valence-electron chi connectivity index (χ1n) is 8.15. The first-order chi connectivity index (χ1) is 14.6. The van der Waals surface area contributed by atoms with Gasteiger partial charge in [-0.05, 0) is 0 Å². The normalized spacial score (nSPS) is 12.7. The van der Waals surface area contributed by atoms with E-state index < -0.39 is 76.5 Å². The fraction of sp³-hybridized carbons (Fsp3) is 0. The van der Waals surface area contributed by atoms with Crippen molar-refractivity contribution < 1.29 is 48.1 Å². The molecule has 3 aromatic rings. The molecule has 0 saturated heterocycles. The van der Waals surface area contributed by atoms with Gasteiger partial charge in [-0.25, -0.2) is 0 Å². The Labute approximate surface area is 211 Å². The summed E-state index contributed by atoms with van der Waals surface area (Å²) in [5.41, 5.74) is -1.26. The van der Waals surface area contributed by atoms with E-state index in [1.165, 1.54) is 12.1 Å². The number of phenols is 2. The van der Waals surface area contributed by atoms with Crippen LogP contribution in [0.4, 0.5) is 11.4 Å². The van der Waals surface area contributed by atoms with Crippen LogP contribution in [0, 0.1) is 0 Å². The van der Waals surface area contributed by atoms with Gasteiger partial charge in [-0.2, -0.15) is 0 Å². The van der Waals surface area contributed by atoms with Gasteiger partial charge in [0.1, 0.15) is 0 Å². The number of benzene rings is 3. The molecule has 0 aliphatic carbocycles. The second kappa shape index (κ2) is 9.46. The predicted octanol–water partition coefficient (Wildman–Crippen LogP) is 0.340. The van der Waals surface area contributed by atoms with E-state index in [1.54, 1.807) is 0 Å². The standard InChI is InChI=1S/C16H13AsN2O11S2.Na/c20-12-7-9(31(25,26)27)5-8-6-13(32(28,29)30)15(16(21)14(8)12)19-18-11-4-2-1-3-10(11)17(22,23)24;/h1-7,20-21H,(H2,22,23,24)(H,25,26,27)(H,28,29,30);. The Bertz CT molecular complexity index is 1550. The van der Waals surface area contributed by atoms with E-state index in [2.05, 4.69) is 10.2 Å². The van der Waals surface area contributed by atoms with E-state index in [4.69, 9.17) is 4.55 Å². The molecule has 17 heteroatoms. The first-order valence-corrected chi connectivity index (χ1v) is 14.4. The molecule has 3 aromatic carbocycles. The van der Waals surface area contributed by atoms with Crippen molar-refractivity contribution in [2.45, 2.75) is 9.79 Å². The number of rotatable bonds is 5. The molecule has 0 spiro atoms. The fourth-order valence-corrected chi connectivity index (χ4v) is 5.44. The zero-order valence-electron chi connectivity index (χ0n) is 16.4. The number of hydrogen-bond acceptors (Lipinski definition) is 9. The van der Waals surface area contributed by atoms with Gasteiger partial charge < -0.3 is 0 Å². The molecular formula is C16H13AsN2NaO11S2. The van der Waals surface area contributed by atoms with Gasteiger partial charge in [0, 0.05) is 29.6 Å². The van der Waals surface area contributed by atoms with Crippen molar-refractivity contribution in [2.24, 2.45) is 10.2 Å². The van der Waals surface area contributed by atoms with Crippen LogP contribution in [0.15, 0.2) is 62.5 Å². The van der Waals surface area contributed by atoms with Gasteiger partial charge >= 0.3 is 183 Å². The smallest absolute Gasteiger partial charge is 0 e. The number of phenolic OH excluding ortho intramolecular Hbond substituents is 2. The maximum atomic E-state index is 11.8. The van der Waals surface area contributed by atoms with Crippen molar-refractivity contribution in [1.29, 1.82) is 0 Å². The minimum Gasteiger partial charge on any atom is 0 e. The van der Waals surface area contributed by atoms with E-state index in [1.807, 2.05) is 0 Å². The number of azo groups is 1. The molecule has 0 amide bonds. The van der Waals surface area contributed by atoms with E-state index in [9.17, 15) is 43.5 Å². The molecule has 33 heavy (non-hydrogen) atoms. The van der Waals surface area contributed by atoms with Crippen LogP contribution in [0.3, 0.4) is 0 Å². The van der Waals surface area contributed by atoms with Crippen LogP contribution >= 0.6 is 0 Å². The third-order valence-corrected chi connectivity index (χ3v) is 7.94. The monoisotopic (exact) mass is 571 g/mol. The van der Waals surface area contributed by atoms with Gasteiger partial charge in [0.05, 0.1) is 0 Å². The van der Waals surface area contributed by atoms with Crippen LogP contribution < -0.4 is 4.35 Å². The SMILES string of the molecule is O=S(=O)(O)c1cc(O)c2c(O)c(N=Nc3ccccc3[As](=O)(O)O)c(S(=O)(=O)O)cc2c1.[Na]. The second-order valence-corrected chi connectivity index (χ2v) is 12.4. The van der Waals surface area contributed by atoms with Crippen LogP contribution in [0.2, 0.25) is 0 Å². The molecule has 0 unspecified atom stereocenters. The van der Waals surface area contributed by atoms with Gasteiger partial charge in [-0.3, -0.25) is 0 Å². The maximum Gasteiger partial charge on any atom is 0 e. The summed E-state index contributed by atoms with van der Waals surface area (Å²) in [5.74, 6) is -1.93. The van der Waals surface area contributed by atoms with Gasteiger partial charge in [0.25, 0.3) is 0 Å². The predicted molar refractivity (Wildman–Crippen MR) is 114 cm³/mol. The van der Waals surface area contributed by atoms with Crippen molar-refractivity contribution in [3.63, 3.8) is 0 Å². The van der Waals surface area contributed by atoms with Crippen molar-refractivity contribution >= 4 is 90.5 Å². The van der Waals surface area contributed by atoms with Gasteiger partial charge in [-0.1, -0.05) is 0 Å². The molecule has 0 bridgehead atoms. The molecule has 0 aliphatic rings. The Kier molecular flexibility index (Phi) is 7.87. The Morgan fingerprint density at radius 1 is 0.848 bits per heavy atom. The largest absolute Gasteiger partial charge is 0 e. The van der Waals surface area contributed by atoms with Crippen molar-refractivity contribution in [3.05, 3.63) is 42.5 Å². The Morgan fingerprint density at radius 3 is 2.00 bits per heavy atom. The van der Waals surface area contributed by atoms with Gasteiger partial charge in [-0.15, -0.1) is 0 Å². The maximum absolute atomic E-state index is 11.8. The summed E-state index contributed by atoms with van der Waals surface area (Å²) in [5, 5.41) is 26.8. The first kappa shape index (κ1) is 27.5. The number of hydrogen-bond donors (Lipinski definition) is 6. The Balaban J connectivity index is 0.00000385. The molecule has 0 fully saturated rings. The number of aromatic hydroxyl groups is 2. The zero-order valence-corrected chi connectivity index (χ0v) is 21.9. The Hall–Kier alpha value is -1.78. The molecule has 0 heterocycles. The molecule has 13 nitrogen and oxygen atoms in total. The van der Waals surface area contributed by atoms with E-state index >= 15 is 0 Å². The number of nitrogens with zero attached hydrogens (tertiary/aromatic N) is 2. The number of fused-ring (bicyclic) bond motifs is 1. The van der Waals surface area contributed by atoms with Crippen molar-refractivity contribution in [2.75, 3.05) is 0 Å². The molecule has 0 atom stereocenters. The van der Waals surface area contributed by atoms with Gasteiger partial charge in [0.2, 0.25) is 0 Å². The average molecular weight is 571 g/mol. The molecule has 1 radical (unpaired) electrons. The van der Waals surface area contributed by atoms with Crippen LogP contribution in [-0.2, 0) is 24.0 Å². The van der Waals surface area contributed by atoms with Crippen LogP contribution in [-0.4, -0.2) is 88.1 Å². The fourth-order valence-electron chi connectivity index (χ4n) is 2.78. The Morgan fingerprint density at radius 2 is 1.45 bits per heavy atom. The molecule has 0 saturated carbocycles. The topological polar surface area (TPSA) is 231 Å². The van der Waals surface area contributed by atoms with E-state index in [0.717, 1.165) is 18.2 Å². The molecule has 0 aliphatic heterocycles. The van der Waals surface area contributed by atoms with Crippen LogP contribution in [0.25, 0.3) is 10.8 Å². The summed E-state index contributed by atoms with van der Waals surface area (Å²) < 4.78 is 95.2. The molecule has 3 rings (SSSR count). The second-order valence-electron chi connectivity index (χ2n) is 6.30. The molecule has 6 N–H and O–H groups in total. The van der Waals surface area contributed by atoms with Gasteiger partial charge in [0.15, 0.2) is 0 Å². The molecule has 0 aromatic heterocycles. The summed E-state index contributed by atoms with van der Waals surface area (Å²) in [7, 11) is -9.93. The quantitative estimate of drug-likeness (QED) is 0.139. The van der Waals surface area contributed by atoms with E-state index in [0.29, 0.717) is 12.1 Å². The summed E-state index contributed by atoms with van der Waals surface area (Å²) in [4.78, 5) is -1.88. The van der Waals surface area contributed by atoms with Crippen molar-refractivity contribution in [3.8, 4) is 11.5 Å². The molecular weight excluding hydrogens is 558 g/mol. The van der Waals surface area contributed by atoms with Crippen LogP contribution in [0.5, 0.6) is 11.5 Å². The van der Waals surface area contributed by atoms with Crippen molar-refractivity contribution in [1.82, 2.24) is 0 Å². The van der Waals surface area contributed by atoms with E-state index in [-0.39, 0.29) is 35.2 Å². The third kappa shape index (κ3) is 5.83. The zero-order chi connectivity index (χ0) is 24.1. The third-order valence-electron chi connectivity index (χ3n) is 4.13. The molecule has 171 valence electrons.